The topological polar surface area (TPSA) is 79.2 Å². The molecule has 30 heavy (non-hydrogen) atoms. The molecule has 2 heterocycles. The number of amides is 1. The van der Waals surface area contributed by atoms with Gasteiger partial charge in [-0.15, -0.1) is 0 Å². The lowest BCUT2D eigenvalue weighted by molar-refractivity contribution is 0.0947. The lowest BCUT2D eigenvalue weighted by Gasteiger charge is -2.19. The Morgan fingerprint density at radius 1 is 1.10 bits per heavy atom. The molecule has 1 aliphatic carbocycles. The van der Waals surface area contributed by atoms with Crippen molar-refractivity contribution in [2.75, 3.05) is 13.1 Å². The number of aromatic nitrogens is 1. The van der Waals surface area contributed by atoms with E-state index in [-0.39, 0.29) is 17.9 Å². The molecule has 2 aliphatic rings. The van der Waals surface area contributed by atoms with Crippen molar-refractivity contribution in [3.8, 4) is 0 Å². The number of fused-ring (bicyclic) bond motifs is 1. The van der Waals surface area contributed by atoms with Crippen molar-refractivity contribution in [3.05, 3.63) is 65.5 Å². The van der Waals surface area contributed by atoms with E-state index >= 15 is 0 Å². The van der Waals surface area contributed by atoms with Gasteiger partial charge in [-0.2, -0.15) is 0 Å². The Morgan fingerprint density at radius 2 is 1.93 bits per heavy atom. The van der Waals surface area contributed by atoms with Crippen LogP contribution in [0.1, 0.15) is 65.9 Å². The van der Waals surface area contributed by atoms with Gasteiger partial charge in [0.2, 0.25) is 0 Å². The molecule has 1 aromatic heterocycles. The number of nitrogens with one attached hydrogen (secondary N) is 3. The van der Waals surface area contributed by atoms with Crippen LogP contribution in [0, 0.1) is 5.92 Å². The van der Waals surface area contributed by atoms with E-state index in [1.165, 1.54) is 24.8 Å². The predicted molar refractivity (Wildman–Crippen MR) is 116 cm³/mol. The Labute approximate surface area is 176 Å². The Morgan fingerprint density at radius 3 is 2.77 bits per heavy atom. The third-order valence-electron chi connectivity index (χ3n) is 6.40. The fraction of sp³-hybridized carbons (Fsp3) is 0.417. The van der Waals surface area contributed by atoms with Gasteiger partial charge in [0.25, 0.3) is 5.91 Å². The van der Waals surface area contributed by atoms with E-state index in [1.54, 1.807) is 0 Å². The first-order valence-corrected chi connectivity index (χ1v) is 11.0. The normalized spacial score (nSPS) is 22.4. The molecule has 1 saturated carbocycles. The number of carbonyl (C=O) groups excluding carboxylic acids is 1. The van der Waals surface area contributed by atoms with Gasteiger partial charge in [-0.3, -0.25) is 10.2 Å². The lowest BCUT2D eigenvalue weighted by Crippen LogP contribution is -2.32. The summed E-state index contributed by atoms with van der Waals surface area (Å²) in [6, 6.07) is 16.1. The smallest absolute Gasteiger partial charge is 0.251 e. The first-order chi connectivity index (χ1) is 14.8. The number of hydrazine groups is 1. The van der Waals surface area contributed by atoms with Gasteiger partial charge in [0.15, 0.2) is 11.5 Å². The van der Waals surface area contributed by atoms with Crippen molar-refractivity contribution >= 4 is 17.0 Å². The van der Waals surface area contributed by atoms with Crippen LogP contribution in [-0.4, -0.2) is 24.0 Å². The molecule has 3 aromatic rings. The zero-order chi connectivity index (χ0) is 20.3. The van der Waals surface area contributed by atoms with Crippen LogP contribution in [0.5, 0.6) is 0 Å². The first kappa shape index (κ1) is 19.3. The molecule has 2 atom stereocenters. The van der Waals surface area contributed by atoms with E-state index in [1.807, 2.05) is 36.4 Å². The van der Waals surface area contributed by atoms with Gasteiger partial charge in [-0.05, 0) is 36.6 Å². The molecular formula is C24H28N4O2. The summed E-state index contributed by atoms with van der Waals surface area (Å²) < 4.78 is 6.04. The monoisotopic (exact) mass is 404 g/mol. The van der Waals surface area contributed by atoms with Crippen LogP contribution in [0.25, 0.3) is 11.1 Å². The summed E-state index contributed by atoms with van der Waals surface area (Å²) in [5.41, 5.74) is 9.91. The van der Waals surface area contributed by atoms with Gasteiger partial charge in [0.05, 0.1) is 6.04 Å². The molecule has 2 unspecified atom stereocenters. The summed E-state index contributed by atoms with van der Waals surface area (Å²) in [5, 5.41) is 3.09. The second kappa shape index (κ2) is 8.58. The number of rotatable bonds is 5. The number of carbonyl (C=O) groups is 1. The minimum Gasteiger partial charge on any atom is -0.440 e. The fourth-order valence-electron chi connectivity index (χ4n) is 4.68. The highest BCUT2D eigenvalue weighted by atomic mass is 16.3. The Hall–Kier alpha value is -2.70. The summed E-state index contributed by atoms with van der Waals surface area (Å²) in [4.78, 5) is 17.5. The summed E-state index contributed by atoms with van der Waals surface area (Å²) >= 11 is 0. The van der Waals surface area contributed by atoms with Crippen molar-refractivity contribution < 1.29 is 9.21 Å². The Bertz CT molecular complexity index is 1010. The third kappa shape index (κ3) is 3.98. The standard InChI is InChI=1S/C24H28N4O2/c29-23(25-14-19-15-26-28-22(19)16-7-3-1-4-8-16)18-11-12-20-21(13-18)30-24(27-20)17-9-5-2-6-10-17/h1,3-4,7-8,11-13,17,19,22,26,28H,2,5-6,9-10,14-15H2,(H,25,29). The average Bonchev–Trinajstić information content (AvgIpc) is 3.45. The number of oxazole rings is 1. The highest BCUT2D eigenvalue weighted by molar-refractivity contribution is 5.97. The second-order valence-electron chi connectivity index (χ2n) is 8.45. The minimum absolute atomic E-state index is 0.0776. The van der Waals surface area contributed by atoms with E-state index in [4.69, 9.17) is 4.42 Å². The van der Waals surface area contributed by atoms with Gasteiger partial charge in [-0.1, -0.05) is 49.6 Å². The van der Waals surface area contributed by atoms with Gasteiger partial charge < -0.3 is 9.73 Å². The molecule has 5 rings (SSSR count). The van der Waals surface area contributed by atoms with Gasteiger partial charge in [0, 0.05) is 30.5 Å². The van der Waals surface area contributed by atoms with Crippen molar-refractivity contribution in [1.82, 2.24) is 21.2 Å². The third-order valence-corrected chi connectivity index (χ3v) is 6.40. The maximum atomic E-state index is 12.8. The minimum atomic E-state index is -0.0776. The molecular weight excluding hydrogens is 376 g/mol. The molecule has 0 radical (unpaired) electrons. The van der Waals surface area contributed by atoms with Crippen LogP contribution >= 0.6 is 0 Å². The van der Waals surface area contributed by atoms with Crippen LogP contribution in [0.15, 0.2) is 52.9 Å². The van der Waals surface area contributed by atoms with Crippen molar-refractivity contribution in [1.29, 1.82) is 0 Å². The van der Waals surface area contributed by atoms with Crippen LogP contribution in [0.2, 0.25) is 0 Å². The maximum absolute atomic E-state index is 12.8. The van der Waals surface area contributed by atoms with Crippen LogP contribution in [0.4, 0.5) is 0 Å². The largest absolute Gasteiger partial charge is 0.440 e. The van der Waals surface area contributed by atoms with Crippen LogP contribution in [0.3, 0.4) is 0 Å². The number of benzene rings is 2. The van der Waals surface area contributed by atoms with Gasteiger partial charge in [0.1, 0.15) is 5.52 Å². The molecule has 1 aliphatic heterocycles. The molecule has 2 aromatic carbocycles. The fourth-order valence-corrected chi connectivity index (χ4v) is 4.68. The van der Waals surface area contributed by atoms with E-state index in [0.717, 1.165) is 30.8 Å². The SMILES string of the molecule is O=C(NCC1CNNC1c1ccccc1)c1ccc2nc(C3CCCCC3)oc2c1. The number of hydrogen-bond acceptors (Lipinski definition) is 5. The Balaban J connectivity index is 1.25. The van der Waals surface area contributed by atoms with Crippen molar-refractivity contribution in [3.63, 3.8) is 0 Å². The molecule has 156 valence electrons. The van der Waals surface area contributed by atoms with Crippen molar-refractivity contribution in [2.45, 2.75) is 44.1 Å². The molecule has 3 N–H and O–H groups in total. The maximum Gasteiger partial charge on any atom is 0.251 e. The molecule has 0 spiro atoms. The second-order valence-corrected chi connectivity index (χ2v) is 8.45. The van der Waals surface area contributed by atoms with E-state index in [9.17, 15) is 4.79 Å². The molecule has 2 fully saturated rings. The summed E-state index contributed by atoms with van der Waals surface area (Å²) in [6.45, 7) is 1.41. The summed E-state index contributed by atoms with van der Waals surface area (Å²) in [5.74, 6) is 1.45. The van der Waals surface area contributed by atoms with E-state index < -0.39 is 0 Å². The van der Waals surface area contributed by atoms with Crippen LogP contribution in [-0.2, 0) is 0 Å². The van der Waals surface area contributed by atoms with E-state index in [0.29, 0.717) is 23.6 Å². The predicted octanol–water partition coefficient (Wildman–Crippen LogP) is 4.07. The lowest BCUT2D eigenvalue weighted by atomic mass is 9.89. The highest BCUT2D eigenvalue weighted by Crippen LogP contribution is 2.33. The van der Waals surface area contributed by atoms with Gasteiger partial charge >= 0.3 is 0 Å². The molecule has 6 heteroatoms. The Kier molecular flexibility index (Phi) is 5.51. The average molecular weight is 405 g/mol. The summed E-state index contributed by atoms with van der Waals surface area (Å²) in [6.07, 6.45) is 6.08. The number of nitrogens with zero attached hydrogens (tertiary/aromatic N) is 1. The van der Waals surface area contributed by atoms with E-state index in [2.05, 4.69) is 33.3 Å². The highest BCUT2D eigenvalue weighted by Gasteiger charge is 2.28. The molecule has 0 bridgehead atoms. The van der Waals surface area contributed by atoms with Gasteiger partial charge in [-0.25, -0.2) is 10.4 Å². The summed E-state index contributed by atoms with van der Waals surface area (Å²) in [7, 11) is 0. The zero-order valence-electron chi connectivity index (χ0n) is 17.1. The number of hydrogen-bond donors (Lipinski definition) is 3. The zero-order valence-corrected chi connectivity index (χ0v) is 17.1. The van der Waals surface area contributed by atoms with Crippen molar-refractivity contribution in [2.24, 2.45) is 5.92 Å². The molecule has 6 nitrogen and oxygen atoms in total. The molecule has 1 amide bonds. The van der Waals surface area contributed by atoms with Crippen LogP contribution < -0.4 is 16.2 Å². The first-order valence-electron chi connectivity index (χ1n) is 11.0. The molecule has 1 saturated heterocycles. The quantitative estimate of drug-likeness (QED) is 0.597.